The van der Waals surface area contributed by atoms with Gasteiger partial charge in [-0.2, -0.15) is 23.0 Å². The van der Waals surface area contributed by atoms with Crippen LogP contribution < -0.4 is 5.32 Å². The Balaban J connectivity index is 1.75. The average Bonchev–Trinajstić information content (AvgIpc) is 3.16. The van der Waals surface area contributed by atoms with Gasteiger partial charge in [-0.1, -0.05) is 18.2 Å². The van der Waals surface area contributed by atoms with Crippen molar-refractivity contribution in [3.05, 3.63) is 48.4 Å². The van der Waals surface area contributed by atoms with Crippen LogP contribution in [0.1, 0.15) is 18.8 Å². The quantitative estimate of drug-likeness (QED) is 0.775. The van der Waals surface area contributed by atoms with Crippen LogP contribution in [0.15, 0.2) is 42.6 Å². The smallest absolute Gasteiger partial charge is 0.359 e. The lowest BCUT2D eigenvalue weighted by Crippen LogP contribution is -2.18. The molecule has 1 atom stereocenters. The second-order valence-electron chi connectivity index (χ2n) is 5.16. The number of hydrogen-bond acceptors (Lipinski definition) is 5. The SMILES string of the molecule is C[C@H](Nc1ccn(CC(F)(F)F)n1)c1nnnn1-c1ccccc1. The van der Waals surface area contributed by atoms with Gasteiger partial charge in [-0.25, -0.2) is 0 Å². The molecule has 24 heavy (non-hydrogen) atoms. The molecule has 1 aromatic carbocycles. The molecule has 10 heteroatoms. The van der Waals surface area contributed by atoms with E-state index in [1.807, 2.05) is 30.3 Å². The third-order valence-electron chi connectivity index (χ3n) is 3.23. The Morgan fingerprint density at radius 3 is 2.62 bits per heavy atom. The molecule has 2 heterocycles. The van der Waals surface area contributed by atoms with Crippen LogP contribution in [0.3, 0.4) is 0 Å². The number of tetrazole rings is 1. The maximum atomic E-state index is 12.4. The summed E-state index contributed by atoms with van der Waals surface area (Å²) in [4.78, 5) is 0. The fourth-order valence-electron chi connectivity index (χ4n) is 2.21. The van der Waals surface area contributed by atoms with Crippen molar-refractivity contribution >= 4 is 5.82 Å². The molecule has 0 spiro atoms. The highest BCUT2D eigenvalue weighted by molar-refractivity contribution is 5.36. The molecule has 0 aliphatic rings. The molecule has 0 aliphatic carbocycles. The first-order valence-corrected chi connectivity index (χ1v) is 7.13. The number of anilines is 1. The van der Waals surface area contributed by atoms with Crippen molar-refractivity contribution in [3.8, 4) is 5.69 Å². The standard InChI is InChI=1S/C14H14F3N7/c1-10(18-12-7-8-23(20-12)9-14(15,16)17)13-19-21-22-24(13)11-5-3-2-4-6-11/h2-8,10H,9H2,1H3,(H,18,20)/t10-/m0/s1. The minimum Gasteiger partial charge on any atom is -0.359 e. The number of benzene rings is 1. The monoisotopic (exact) mass is 337 g/mol. The number of halogens is 3. The summed E-state index contributed by atoms with van der Waals surface area (Å²) in [6, 6.07) is 10.4. The van der Waals surface area contributed by atoms with Crippen molar-refractivity contribution in [1.82, 2.24) is 30.0 Å². The Hall–Kier alpha value is -2.91. The fourth-order valence-corrected chi connectivity index (χ4v) is 2.21. The lowest BCUT2D eigenvalue weighted by molar-refractivity contribution is -0.142. The second kappa shape index (κ2) is 6.30. The Bertz CT molecular complexity index is 794. The van der Waals surface area contributed by atoms with Crippen LogP contribution >= 0.6 is 0 Å². The van der Waals surface area contributed by atoms with Crippen LogP contribution in [0.2, 0.25) is 0 Å². The van der Waals surface area contributed by atoms with E-state index < -0.39 is 12.7 Å². The van der Waals surface area contributed by atoms with E-state index in [-0.39, 0.29) is 6.04 Å². The summed E-state index contributed by atoms with van der Waals surface area (Å²) in [5, 5.41) is 18.4. The largest absolute Gasteiger partial charge is 0.408 e. The molecule has 0 unspecified atom stereocenters. The summed E-state index contributed by atoms with van der Waals surface area (Å²) in [6.07, 6.45) is -3.05. The van der Waals surface area contributed by atoms with Crippen LogP contribution in [-0.4, -0.2) is 36.2 Å². The highest BCUT2D eigenvalue weighted by Crippen LogP contribution is 2.20. The molecule has 2 aromatic heterocycles. The highest BCUT2D eigenvalue weighted by atomic mass is 19.4. The molecular weight excluding hydrogens is 323 g/mol. The molecule has 1 N–H and O–H groups in total. The zero-order valence-electron chi connectivity index (χ0n) is 12.6. The lowest BCUT2D eigenvalue weighted by Gasteiger charge is -2.13. The normalized spacial score (nSPS) is 13.0. The summed E-state index contributed by atoms with van der Waals surface area (Å²) in [6.45, 7) is 0.665. The Labute approximate surface area is 135 Å². The topological polar surface area (TPSA) is 73.5 Å². The summed E-state index contributed by atoms with van der Waals surface area (Å²) < 4.78 is 39.5. The molecule has 0 aliphatic heterocycles. The van der Waals surface area contributed by atoms with Gasteiger partial charge in [0.05, 0.1) is 11.7 Å². The molecular formula is C14H14F3N7. The third kappa shape index (κ3) is 3.70. The van der Waals surface area contributed by atoms with E-state index in [2.05, 4.69) is 25.9 Å². The van der Waals surface area contributed by atoms with E-state index in [9.17, 15) is 13.2 Å². The van der Waals surface area contributed by atoms with Gasteiger partial charge in [-0.05, 0) is 29.5 Å². The molecule has 0 bridgehead atoms. The molecule has 3 rings (SSSR count). The van der Waals surface area contributed by atoms with Crippen molar-refractivity contribution in [1.29, 1.82) is 0 Å². The van der Waals surface area contributed by atoms with Crippen LogP contribution in [0.4, 0.5) is 19.0 Å². The van der Waals surface area contributed by atoms with Gasteiger partial charge in [0.15, 0.2) is 5.82 Å². The van der Waals surface area contributed by atoms with Gasteiger partial charge in [0.2, 0.25) is 0 Å². The van der Waals surface area contributed by atoms with E-state index in [0.717, 1.165) is 10.4 Å². The van der Waals surface area contributed by atoms with Crippen molar-refractivity contribution in [2.75, 3.05) is 5.32 Å². The van der Waals surface area contributed by atoms with E-state index >= 15 is 0 Å². The third-order valence-corrected chi connectivity index (χ3v) is 3.23. The Kier molecular flexibility index (Phi) is 4.19. The molecule has 3 aromatic rings. The zero-order valence-corrected chi connectivity index (χ0v) is 12.6. The van der Waals surface area contributed by atoms with Crippen molar-refractivity contribution in [3.63, 3.8) is 0 Å². The minimum absolute atomic E-state index is 0.314. The van der Waals surface area contributed by atoms with Crippen molar-refractivity contribution in [2.45, 2.75) is 25.7 Å². The molecule has 7 nitrogen and oxygen atoms in total. The number of hydrogen-bond donors (Lipinski definition) is 1. The summed E-state index contributed by atoms with van der Waals surface area (Å²) in [7, 11) is 0. The average molecular weight is 337 g/mol. The number of nitrogens with one attached hydrogen (secondary N) is 1. The Morgan fingerprint density at radius 2 is 1.92 bits per heavy atom. The Morgan fingerprint density at radius 1 is 1.17 bits per heavy atom. The van der Waals surface area contributed by atoms with Gasteiger partial charge >= 0.3 is 6.18 Å². The van der Waals surface area contributed by atoms with Crippen LogP contribution in [0.25, 0.3) is 5.69 Å². The molecule has 0 radical (unpaired) electrons. The van der Waals surface area contributed by atoms with Crippen LogP contribution in [-0.2, 0) is 6.54 Å². The summed E-state index contributed by atoms with van der Waals surface area (Å²) in [5.41, 5.74) is 0.786. The van der Waals surface area contributed by atoms with E-state index in [4.69, 9.17) is 0 Å². The van der Waals surface area contributed by atoms with Gasteiger partial charge in [0, 0.05) is 12.3 Å². The number of nitrogens with zero attached hydrogens (tertiary/aromatic N) is 6. The molecule has 0 fully saturated rings. The predicted molar refractivity (Wildman–Crippen MR) is 79.5 cm³/mol. The van der Waals surface area contributed by atoms with E-state index in [1.54, 1.807) is 11.6 Å². The maximum absolute atomic E-state index is 12.4. The van der Waals surface area contributed by atoms with Crippen LogP contribution in [0, 0.1) is 0 Å². The van der Waals surface area contributed by atoms with Gasteiger partial charge in [-0.15, -0.1) is 5.10 Å². The maximum Gasteiger partial charge on any atom is 0.408 e. The lowest BCUT2D eigenvalue weighted by atomic mass is 10.3. The zero-order chi connectivity index (χ0) is 17.2. The summed E-state index contributed by atoms with van der Waals surface area (Å²) in [5.74, 6) is 0.834. The number of para-hydroxylation sites is 1. The number of alkyl halides is 3. The fraction of sp³-hybridized carbons (Fsp3) is 0.286. The molecule has 126 valence electrons. The molecule has 0 saturated heterocycles. The van der Waals surface area contributed by atoms with Gasteiger partial charge in [0.1, 0.15) is 12.4 Å². The minimum atomic E-state index is -4.31. The van der Waals surface area contributed by atoms with Crippen molar-refractivity contribution < 1.29 is 13.2 Å². The van der Waals surface area contributed by atoms with Gasteiger partial charge in [0.25, 0.3) is 0 Å². The van der Waals surface area contributed by atoms with E-state index in [0.29, 0.717) is 11.6 Å². The van der Waals surface area contributed by atoms with Crippen LogP contribution in [0.5, 0.6) is 0 Å². The molecule has 0 saturated carbocycles. The van der Waals surface area contributed by atoms with Gasteiger partial charge in [-0.3, -0.25) is 4.68 Å². The first-order valence-electron chi connectivity index (χ1n) is 7.13. The van der Waals surface area contributed by atoms with E-state index in [1.165, 1.54) is 12.3 Å². The molecule has 0 amide bonds. The first-order chi connectivity index (χ1) is 11.4. The number of rotatable bonds is 5. The second-order valence-corrected chi connectivity index (χ2v) is 5.16. The first kappa shape index (κ1) is 16.0. The summed E-state index contributed by atoms with van der Waals surface area (Å²) >= 11 is 0. The highest BCUT2D eigenvalue weighted by Gasteiger charge is 2.28. The number of aromatic nitrogens is 6. The predicted octanol–water partition coefficient (Wildman–Crippen LogP) is 2.59. The van der Waals surface area contributed by atoms with Crippen molar-refractivity contribution in [2.24, 2.45) is 0 Å². The van der Waals surface area contributed by atoms with Gasteiger partial charge < -0.3 is 5.32 Å².